The molecule has 0 aromatic carbocycles. The first-order valence-corrected chi connectivity index (χ1v) is 7.58. The van der Waals surface area contributed by atoms with Crippen LogP contribution in [0, 0.1) is 5.41 Å². The van der Waals surface area contributed by atoms with E-state index in [1.165, 1.54) is 0 Å². The lowest BCUT2D eigenvalue weighted by Crippen LogP contribution is -2.61. The number of hydrogen-bond donors (Lipinski definition) is 0. The van der Waals surface area contributed by atoms with E-state index in [1.807, 2.05) is 0 Å². The summed E-state index contributed by atoms with van der Waals surface area (Å²) >= 11 is 0. The van der Waals surface area contributed by atoms with Gasteiger partial charge in [0.05, 0.1) is 5.41 Å². The molecule has 2 unspecified atom stereocenters. The molecule has 2 atom stereocenters. The molecule has 4 nitrogen and oxygen atoms in total. The Morgan fingerprint density at radius 2 is 1.91 bits per heavy atom. The van der Waals surface area contributed by atoms with Crippen molar-refractivity contribution in [2.45, 2.75) is 76.4 Å². The van der Waals surface area contributed by atoms with Gasteiger partial charge in [0.25, 0.3) is 0 Å². The first-order valence-electron chi connectivity index (χ1n) is 7.58. The Morgan fingerprint density at radius 1 is 1.30 bits per heavy atom. The molecule has 2 rings (SSSR count). The molecule has 1 aliphatic carbocycles. The molecule has 0 bridgehead atoms. The third-order valence-electron chi connectivity index (χ3n) is 4.86. The zero-order valence-corrected chi connectivity index (χ0v) is 13.3. The summed E-state index contributed by atoms with van der Waals surface area (Å²) in [6.45, 7) is 4.88. The normalized spacial score (nSPS) is 32.7. The molecule has 1 heterocycles. The fourth-order valence-corrected chi connectivity index (χ4v) is 2.79. The second-order valence-electron chi connectivity index (χ2n) is 6.88. The predicted octanol–water partition coefficient (Wildman–Crippen LogP) is 3.47. The smallest absolute Gasteiger partial charge is 0.348 e. The molecular weight excluding hydrogens is 320 g/mol. The number of hydrogen-bond acceptors (Lipinski definition) is 4. The van der Waals surface area contributed by atoms with E-state index in [9.17, 15) is 27.2 Å². The van der Waals surface area contributed by atoms with Gasteiger partial charge in [-0.05, 0) is 33.1 Å². The summed E-state index contributed by atoms with van der Waals surface area (Å²) in [4.78, 5) is 23.8. The van der Waals surface area contributed by atoms with Crippen LogP contribution in [0.4, 0.5) is 17.6 Å². The lowest BCUT2D eigenvalue weighted by molar-refractivity contribution is -0.308. The highest BCUT2D eigenvalue weighted by atomic mass is 19.3. The van der Waals surface area contributed by atoms with Gasteiger partial charge in [0.15, 0.2) is 5.60 Å². The third-order valence-corrected chi connectivity index (χ3v) is 4.86. The average Bonchev–Trinajstić information content (AvgIpc) is 2.74. The van der Waals surface area contributed by atoms with Gasteiger partial charge in [-0.3, -0.25) is 4.79 Å². The van der Waals surface area contributed by atoms with Crippen LogP contribution in [0.25, 0.3) is 0 Å². The SMILES string of the molecule is CCC(C)(C)C(=O)OC1CC2(CCCC(F)(F)C2(F)F)OC1=O. The first kappa shape index (κ1) is 18.0. The summed E-state index contributed by atoms with van der Waals surface area (Å²) in [5.74, 6) is -10.7. The molecule has 0 N–H and O–H groups in total. The van der Waals surface area contributed by atoms with Gasteiger partial charge in [-0.25, -0.2) is 4.79 Å². The fraction of sp³-hybridized carbons (Fsp3) is 0.867. The standard InChI is InChI=1S/C15H20F4O4/c1-4-12(2,3)11(21)22-9-8-13(23-10(9)20)6-5-7-14(16,17)15(13,18)19/h9H,4-8H2,1-3H3. The maximum Gasteiger partial charge on any atom is 0.348 e. The highest BCUT2D eigenvalue weighted by molar-refractivity contribution is 5.83. The van der Waals surface area contributed by atoms with Crippen LogP contribution in [-0.2, 0) is 19.1 Å². The molecule has 0 aromatic heterocycles. The van der Waals surface area contributed by atoms with Crippen LogP contribution >= 0.6 is 0 Å². The Hall–Kier alpha value is -1.34. The fourth-order valence-electron chi connectivity index (χ4n) is 2.79. The number of alkyl halides is 4. The summed E-state index contributed by atoms with van der Waals surface area (Å²) in [7, 11) is 0. The van der Waals surface area contributed by atoms with E-state index < -0.39 is 53.7 Å². The van der Waals surface area contributed by atoms with Crippen molar-refractivity contribution in [1.82, 2.24) is 0 Å². The minimum absolute atomic E-state index is 0.197. The summed E-state index contributed by atoms with van der Waals surface area (Å²) in [6, 6.07) is 0. The van der Waals surface area contributed by atoms with E-state index in [1.54, 1.807) is 20.8 Å². The summed E-state index contributed by atoms with van der Waals surface area (Å²) in [5, 5.41) is 0. The van der Waals surface area contributed by atoms with Crippen molar-refractivity contribution < 1.29 is 36.6 Å². The number of carbonyl (C=O) groups is 2. The minimum atomic E-state index is -4.49. The summed E-state index contributed by atoms with van der Waals surface area (Å²) < 4.78 is 65.1. The molecule has 23 heavy (non-hydrogen) atoms. The van der Waals surface area contributed by atoms with E-state index >= 15 is 0 Å². The Kier molecular flexibility index (Phi) is 4.18. The molecule has 132 valence electrons. The molecule has 0 amide bonds. The van der Waals surface area contributed by atoms with Crippen molar-refractivity contribution in [1.29, 1.82) is 0 Å². The van der Waals surface area contributed by atoms with E-state index in [2.05, 4.69) is 4.74 Å². The van der Waals surface area contributed by atoms with Gasteiger partial charge in [0.1, 0.15) is 0 Å². The van der Waals surface area contributed by atoms with Gasteiger partial charge >= 0.3 is 23.8 Å². The molecule has 2 fully saturated rings. The predicted molar refractivity (Wildman–Crippen MR) is 71.1 cm³/mol. The zero-order chi connectivity index (χ0) is 17.7. The van der Waals surface area contributed by atoms with Gasteiger partial charge in [0.2, 0.25) is 6.10 Å². The van der Waals surface area contributed by atoms with Crippen LogP contribution in [0.1, 0.15) is 52.9 Å². The Balaban J connectivity index is 2.21. The van der Waals surface area contributed by atoms with Gasteiger partial charge in [0, 0.05) is 12.8 Å². The number of esters is 2. The summed E-state index contributed by atoms with van der Waals surface area (Å²) in [6.07, 6.45) is -3.46. The molecule has 0 aromatic rings. The topological polar surface area (TPSA) is 52.6 Å². The third kappa shape index (κ3) is 2.70. The van der Waals surface area contributed by atoms with E-state index in [0.29, 0.717) is 6.42 Å². The lowest BCUT2D eigenvalue weighted by Gasteiger charge is -2.43. The van der Waals surface area contributed by atoms with Crippen LogP contribution < -0.4 is 0 Å². The zero-order valence-electron chi connectivity index (χ0n) is 13.3. The van der Waals surface area contributed by atoms with E-state index in [0.717, 1.165) is 0 Å². The molecule has 2 aliphatic rings. The number of rotatable bonds is 3. The first-order chi connectivity index (χ1) is 10.4. The molecule has 0 radical (unpaired) electrons. The van der Waals surface area contributed by atoms with Crippen molar-refractivity contribution >= 4 is 11.9 Å². The second kappa shape index (κ2) is 5.34. The van der Waals surface area contributed by atoms with Crippen LogP contribution in [0.15, 0.2) is 0 Å². The summed E-state index contributed by atoms with van der Waals surface area (Å²) in [5.41, 5.74) is -3.51. The van der Waals surface area contributed by atoms with Crippen LogP contribution in [0.2, 0.25) is 0 Å². The monoisotopic (exact) mass is 340 g/mol. The van der Waals surface area contributed by atoms with Crippen LogP contribution in [0.5, 0.6) is 0 Å². The number of halogens is 4. The largest absolute Gasteiger partial charge is 0.450 e. The van der Waals surface area contributed by atoms with Gasteiger partial charge in [-0.2, -0.15) is 17.6 Å². The molecule has 1 saturated heterocycles. The van der Waals surface area contributed by atoms with Crippen molar-refractivity contribution in [3.05, 3.63) is 0 Å². The second-order valence-corrected chi connectivity index (χ2v) is 6.88. The number of carbonyl (C=O) groups excluding carboxylic acids is 2. The van der Waals surface area contributed by atoms with Crippen molar-refractivity contribution in [2.75, 3.05) is 0 Å². The molecule has 8 heteroatoms. The number of ether oxygens (including phenoxy) is 2. The van der Waals surface area contributed by atoms with Gasteiger partial charge in [-0.1, -0.05) is 6.92 Å². The van der Waals surface area contributed by atoms with Crippen molar-refractivity contribution in [3.63, 3.8) is 0 Å². The Bertz CT molecular complexity index is 518. The van der Waals surface area contributed by atoms with Crippen molar-refractivity contribution in [3.8, 4) is 0 Å². The van der Waals surface area contributed by atoms with Crippen LogP contribution in [-0.4, -0.2) is 35.5 Å². The maximum absolute atomic E-state index is 14.2. The van der Waals surface area contributed by atoms with Crippen molar-refractivity contribution in [2.24, 2.45) is 5.41 Å². The quantitative estimate of drug-likeness (QED) is 0.583. The minimum Gasteiger partial charge on any atom is -0.450 e. The molecular formula is C15H20F4O4. The lowest BCUT2D eigenvalue weighted by atomic mass is 9.76. The maximum atomic E-state index is 14.2. The highest BCUT2D eigenvalue weighted by Crippen LogP contribution is 2.56. The van der Waals surface area contributed by atoms with Gasteiger partial charge in [-0.15, -0.1) is 0 Å². The van der Waals surface area contributed by atoms with E-state index in [-0.39, 0.29) is 12.8 Å². The Labute approximate surface area is 131 Å². The highest BCUT2D eigenvalue weighted by Gasteiger charge is 2.75. The molecule has 1 spiro atoms. The van der Waals surface area contributed by atoms with Crippen LogP contribution in [0.3, 0.4) is 0 Å². The molecule has 1 aliphatic heterocycles. The van der Waals surface area contributed by atoms with Gasteiger partial charge < -0.3 is 9.47 Å². The average molecular weight is 340 g/mol. The molecule has 1 saturated carbocycles. The van der Waals surface area contributed by atoms with E-state index in [4.69, 9.17) is 4.74 Å². The Morgan fingerprint density at radius 3 is 2.48 bits per heavy atom.